The van der Waals surface area contributed by atoms with Crippen molar-refractivity contribution in [1.29, 1.82) is 0 Å². The van der Waals surface area contributed by atoms with Crippen LogP contribution in [-0.2, 0) is 0 Å². The standard InChI is InChI=1S/C14H9IS/c15-16-11-10-13-8-4-5-9-14(13)12-6-2-1-3-7-12/h1-9H. The van der Waals surface area contributed by atoms with Gasteiger partial charge < -0.3 is 0 Å². The van der Waals surface area contributed by atoms with Crippen LogP contribution < -0.4 is 0 Å². The molecule has 0 aliphatic carbocycles. The third kappa shape index (κ3) is 2.81. The maximum atomic E-state index is 3.17. The highest BCUT2D eigenvalue weighted by Gasteiger charge is 2.00. The van der Waals surface area contributed by atoms with Crippen molar-refractivity contribution < 1.29 is 0 Å². The molecule has 0 aliphatic rings. The van der Waals surface area contributed by atoms with Crippen LogP contribution in [0.5, 0.6) is 0 Å². The molecule has 78 valence electrons. The second kappa shape index (κ2) is 5.97. The highest BCUT2D eigenvalue weighted by atomic mass is 127. The Morgan fingerprint density at radius 3 is 2.31 bits per heavy atom. The number of hydrogen-bond donors (Lipinski definition) is 0. The minimum Gasteiger partial charge on any atom is -0.0622 e. The minimum absolute atomic E-state index is 1.08. The molecule has 0 bridgehead atoms. The Morgan fingerprint density at radius 2 is 1.56 bits per heavy atom. The van der Waals surface area contributed by atoms with Gasteiger partial charge in [-0.15, -0.1) is 0 Å². The van der Waals surface area contributed by atoms with Crippen molar-refractivity contribution in [2.24, 2.45) is 0 Å². The Hall–Kier alpha value is -0.920. The van der Waals surface area contributed by atoms with E-state index in [9.17, 15) is 0 Å². The van der Waals surface area contributed by atoms with Crippen molar-refractivity contribution in [1.82, 2.24) is 0 Å². The summed E-state index contributed by atoms with van der Waals surface area (Å²) in [6, 6.07) is 18.6. The van der Waals surface area contributed by atoms with E-state index >= 15 is 0 Å². The van der Waals surface area contributed by atoms with Gasteiger partial charge in [0, 0.05) is 26.8 Å². The molecule has 2 aromatic carbocycles. The van der Waals surface area contributed by atoms with Crippen molar-refractivity contribution in [2.75, 3.05) is 0 Å². The van der Waals surface area contributed by atoms with Crippen LogP contribution in [0, 0.1) is 11.2 Å². The Morgan fingerprint density at radius 1 is 0.875 bits per heavy atom. The van der Waals surface area contributed by atoms with Crippen LogP contribution in [0.3, 0.4) is 0 Å². The summed E-state index contributed by atoms with van der Waals surface area (Å²) in [6.45, 7) is 0. The van der Waals surface area contributed by atoms with E-state index in [1.54, 1.807) is 0 Å². The fourth-order valence-corrected chi connectivity index (χ4v) is 2.01. The van der Waals surface area contributed by atoms with Gasteiger partial charge >= 0.3 is 0 Å². The zero-order valence-corrected chi connectivity index (χ0v) is 11.5. The molecular weight excluding hydrogens is 327 g/mol. The Bertz CT molecular complexity index is 523. The SMILES string of the molecule is ISC#Cc1ccccc1-c1ccccc1. The highest BCUT2D eigenvalue weighted by Crippen LogP contribution is 2.22. The molecule has 0 nitrogen and oxygen atoms in total. The van der Waals surface area contributed by atoms with E-state index in [-0.39, 0.29) is 0 Å². The lowest BCUT2D eigenvalue weighted by Gasteiger charge is -2.03. The number of halogens is 1. The summed E-state index contributed by atoms with van der Waals surface area (Å²) in [5, 5.41) is 3.03. The summed E-state index contributed by atoms with van der Waals surface area (Å²) < 4.78 is 0. The molecular formula is C14H9IS. The third-order valence-electron chi connectivity index (χ3n) is 2.24. The largest absolute Gasteiger partial charge is 0.0622 e. The van der Waals surface area contributed by atoms with Gasteiger partial charge in [0.2, 0.25) is 0 Å². The molecule has 0 heterocycles. The second-order valence-corrected chi connectivity index (χ2v) is 4.90. The molecule has 2 heteroatoms. The first-order chi connectivity index (χ1) is 7.92. The number of hydrogen-bond acceptors (Lipinski definition) is 1. The number of rotatable bonds is 1. The first-order valence-electron chi connectivity index (χ1n) is 4.85. The van der Waals surface area contributed by atoms with Crippen LogP contribution in [0.4, 0.5) is 0 Å². The summed E-state index contributed by atoms with van der Waals surface area (Å²) in [4.78, 5) is 0. The summed E-state index contributed by atoms with van der Waals surface area (Å²) >= 11 is 2.18. The van der Waals surface area contributed by atoms with Crippen molar-refractivity contribution >= 4 is 30.1 Å². The fourth-order valence-electron chi connectivity index (χ4n) is 1.54. The van der Waals surface area contributed by atoms with Crippen LogP contribution in [0.1, 0.15) is 5.56 Å². The molecule has 0 saturated carbocycles. The number of benzene rings is 2. The van der Waals surface area contributed by atoms with E-state index in [4.69, 9.17) is 0 Å². The molecule has 0 amide bonds. The molecule has 2 aromatic rings. The Balaban J connectivity index is 2.49. The molecule has 0 aliphatic heterocycles. The Labute approximate surface area is 112 Å². The molecule has 0 N–H and O–H groups in total. The topological polar surface area (TPSA) is 0 Å². The first kappa shape index (κ1) is 11.6. The van der Waals surface area contributed by atoms with E-state index in [1.807, 2.05) is 30.3 Å². The summed E-state index contributed by atoms with van der Waals surface area (Å²) in [5.74, 6) is 3.17. The predicted octanol–water partition coefficient (Wildman–Crippen LogP) is 4.75. The van der Waals surface area contributed by atoms with Crippen LogP contribution in [0.25, 0.3) is 11.1 Å². The highest BCUT2D eigenvalue weighted by molar-refractivity contribution is 14.2. The van der Waals surface area contributed by atoms with E-state index in [1.165, 1.54) is 20.1 Å². The molecule has 2 rings (SSSR count). The van der Waals surface area contributed by atoms with Crippen LogP contribution in [-0.4, -0.2) is 0 Å². The third-order valence-corrected chi connectivity index (χ3v) is 3.08. The molecule has 0 radical (unpaired) electrons. The van der Waals surface area contributed by atoms with Gasteiger partial charge in [-0.05, 0) is 31.4 Å². The lowest BCUT2D eigenvalue weighted by atomic mass is 10.0. The lowest BCUT2D eigenvalue weighted by Crippen LogP contribution is -1.82. The zero-order chi connectivity index (χ0) is 11.2. The van der Waals surface area contributed by atoms with Gasteiger partial charge in [-0.3, -0.25) is 0 Å². The summed E-state index contributed by atoms with van der Waals surface area (Å²) in [5.41, 5.74) is 3.49. The monoisotopic (exact) mass is 336 g/mol. The quantitative estimate of drug-likeness (QED) is 0.535. The maximum absolute atomic E-state index is 3.17. The lowest BCUT2D eigenvalue weighted by molar-refractivity contribution is 1.58. The van der Waals surface area contributed by atoms with Crippen LogP contribution in [0.2, 0.25) is 0 Å². The summed E-state index contributed by atoms with van der Waals surface area (Å²) in [6.07, 6.45) is 0. The molecule has 0 unspecified atom stereocenters. The molecule has 16 heavy (non-hydrogen) atoms. The average molecular weight is 336 g/mol. The van der Waals surface area contributed by atoms with Gasteiger partial charge in [0.25, 0.3) is 0 Å². The van der Waals surface area contributed by atoms with Crippen molar-refractivity contribution in [2.45, 2.75) is 0 Å². The van der Waals surface area contributed by atoms with Crippen molar-refractivity contribution in [3.8, 4) is 22.3 Å². The van der Waals surface area contributed by atoms with Crippen molar-refractivity contribution in [3.63, 3.8) is 0 Å². The van der Waals surface area contributed by atoms with Gasteiger partial charge in [0.15, 0.2) is 0 Å². The second-order valence-electron chi connectivity index (χ2n) is 3.22. The van der Waals surface area contributed by atoms with Crippen molar-refractivity contribution in [3.05, 3.63) is 60.2 Å². The van der Waals surface area contributed by atoms with Gasteiger partial charge in [-0.25, -0.2) is 0 Å². The average Bonchev–Trinajstić information content (AvgIpc) is 2.38. The van der Waals surface area contributed by atoms with E-state index in [2.05, 4.69) is 56.6 Å². The van der Waals surface area contributed by atoms with Gasteiger partial charge in [-0.2, -0.15) is 0 Å². The van der Waals surface area contributed by atoms with E-state index in [0.717, 1.165) is 5.56 Å². The normalized spacial score (nSPS) is 9.31. The Kier molecular flexibility index (Phi) is 4.32. The van der Waals surface area contributed by atoms with E-state index < -0.39 is 0 Å². The van der Waals surface area contributed by atoms with Gasteiger partial charge in [0.1, 0.15) is 0 Å². The predicted molar refractivity (Wildman–Crippen MR) is 80.4 cm³/mol. The zero-order valence-electron chi connectivity index (χ0n) is 8.48. The van der Waals surface area contributed by atoms with Crippen LogP contribution in [0.15, 0.2) is 54.6 Å². The maximum Gasteiger partial charge on any atom is 0.0333 e. The molecule has 0 fully saturated rings. The smallest absolute Gasteiger partial charge is 0.0333 e. The summed E-state index contributed by atoms with van der Waals surface area (Å²) in [7, 11) is 1.51. The van der Waals surface area contributed by atoms with E-state index in [0.29, 0.717) is 0 Å². The fraction of sp³-hybridized carbons (Fsp3) is 0. The van der Waals surface area contributed by atoms with Gasteiger partial charge in [-0.1, -0.05) is 54.5 Å². The van der Waals surface area contributed by atoms with Crippen LogP contribution >= 0.6 is 30.1 Å². The minimum atomic E-state index is 1.08. The molecule has 0 atom stereocenters. The molecule has 0 saturated heterocycles. The first-order valence-corrected chi connectivity index (χ1v) is 8.21. The molecule has 0 aromatic heterocycles. The molecule has 0 spiro atoms. The van der Waals surface area contributed by atoms with Gasteiger partial charge in [0.05, 0.1) is 0 Å².